The lowest BCUT2D eigenvalue weighted by atomic mass is 9.97. The van der Waals surface area contributed by atoms with Crippen LogP contribution in [0.3, 0.4) is 0 Å². The topological polar surface area (TPSA) is 54.9 Å². The van der Waals surface area contributed by atoms with Gasteiger partial charge in [-0.25, -0.2) is 9.97 Å². The van der Waals surface area contributed by atoms with E-state index in [-0.39, 0.29) is 5.91 Å². The average molecular weight is 492 g/mol. The Morgan fingerprint density at radius 2 is 1.61 bits per heavy atom. The molecule has 5 rings (SSSR count). The van der Waals surface area contributed by atoms with E-state index in [4.69, 9.17) is 9.97 Å². The van der Waals surface area contributed by atoms with Crippen LogP contribution in [0.25, 0.3) is 33.4 Å². The molecule has 1 atom stereocenters. The molecule has 4 nitrogen and oxygen atoms in total. The number of para-hydroxylation sites is 1. The fourth-order valence-corrected chi connectivity index (χ4v) is 5.15. The van der Waals surface area contributed by atoms with Gasteiger partial charge in [-0.2, -0.15) is 0 Å². The second-order valence-corrected chi connectivity index (χ2v) is 10.1. The summed E-state index contributed by atoms with van der Waals surface area (Å²) in [7, 11) is 0. The molecule has 0 aliphatic heterocycles. The molecule has 5 aromatic rings. The van der Waals surface area contributed by atoms with Crippen LogP contribution < -0.4 is 5.32 Å². The molecule has 0 saturated heterocycles. The molecule has 0 aliphatic carbocycles. The second-order valence-electron chi connectivity index (χ2n) is 9.27. The van der Waals surface area contributed by atoms with Crippen molar-refractivity contribution in [3.8, 4) is 22.5 Å². The summed E-state index contributed by atoms with van der Waals surface area (Å²) in [6, 6.07) is 24.6. The van der Waals surface area contributed by atoms with Gasteiger partial charge >= 0.3 is 0 Å². The van der Waals surface area contributed by atoms with Crippen LogP contribution in [0, 0.1) is 13.8 Å². The second kappa shape index (κ2) is 10.0. The number of nitrogens with zero attached hydrogens (tertiary/aromatic N) is 2. The van der Waals surface area contributed by atoms with E-state index in [0.29, 0.717) is 16.6 Å². The standard InChI is InChI=1S/C31H29N3OS/c1-5-20(3)22-14-16-23(17-15-22)27-18-36-31(33-27)34-30(35)28-21(4)29(24-12-10-19(2)11-13-24)32-26-9-7-6-8-25(26)28/h6-18,20H,5H2,1-4H3,(H,33,34,35). The summed E-state index contributed by atoms with van der Waals surface area (Å²) in [5, 5.41) is 6.45. The third kappa shape index (κ3) is 4.67. The van der Waals surface area contributed by atoms with Crippen LogP contribution in [0.5, 0.6) is 0 Å². The number of anilines is 1. The molecule has 5 heteroatoms. The highest BCUT2D eigenvalue weighted by atomic mass is 32.1. The number of hydrogen-bond acceptors (Lipinski definition) is 4. The smallest absolute Gasteiger partial charge is 0.258 e. The van der Waals surface area contributed by atoms with Gasteiger partial charge in [0.1, 0.15) is 0 Å². The zero-order chi connectivity index (χ0) is 25.2. The fourth-order valence-electron chi connectivity index (χ4n) is 4.43. The van der Waals surface area contributed by atoms with Crippen LogP contribution in [-0.2, 0) is 0 Å². The van der Waals surface area contributed by atoms with Gasteiger partial charge in [-0.05, 0) is 43.4 Å². The lowest BCUT2D eigenvalue weighted by Gasteiger charge is -2.14. The molecular formula is C31H29N3OS. The van der Waals surface area contributed by atoms with Crippen molar-refractivity contribution in [2.45, 2.75) is 40.0 Å². The maximum Gasteiger partial charge on any atom is 0.258 e. The first-order valence-corrected chi connectivity index (χ1v) is 13.2. The summed E-state index contributed by atoms with van der Waals surface area (Å²) in [5.41, 5.74) is 8.52. The quantitative estimate of drug-likeness (QED) is 0.259. The maximum absolute atomic E-state index is 13.6. The molecule has 0 fully saturated rings. The zero-order valence-corrected chi connectivity index (χ0v) is 21.8. The summed E-state index contributed by atoms with van der Waals surface area (Å²) in [4.78, 5) is 23.2. The molecule has 2 heterocycles. The van der Waals surface area contributed by atoms with E-state index in [1.54, 1.807) is 0 Å². The number of amides is 1. The Hall–Kier alpha value is -3.83. The number of aryl methyl sites for hydroxylation is 1. The molecule has 2 aromatic heterocycles. The number of thiazole rings is 1. The van der Waals surface area contributed by atoms with E-state index >= 15 is 0 Å². The third-order valence-corrected chi connectivity index (χ3v) is 7.56. The molecule has 1 N–H and O–H groups in total. The molecule has 0 saturated carbocycles. The largest absolute Gasteiger partial charge is 0.298 e. The first-order valence-electron chi connectivity index (χ1n) is 12.3. The Balaban J connectivity index is 1.47. The Morgan fingerprint density at radius 1 is 0.917 bits per heavy atom. The molecule has 3 aromatic carbocycles. The first kappa shape index (κ1) is 23.9. The van der Waals surface area contributed by atoms with Crippen LogP contribution in [0.1, 0.15) is 53.2 Å². The van der Waals surface area contributed by atoms with Crippen LogP contribution in [0.15, 0.2) is 78.2 Å². The van der Waals surface area contributed by atoms with Gasteiger partial charge in [-0.1, -0.05) is 86.1 Å². The number of pyridine rings is 1. The normalized spacial score (nSPS) is 12.0. The maximum atomic E-state index is 13.6. The van der Waals surface area contributed by atoms with Crippen LogP contribution in [0.4, 0.5) is 5.13 Å². The molecule has 1 unspecified atom stereocenters. The van der Waals surface area contributed by atoms with Crippen LogP contribution in [0.2, 0.25) is 0 Å². The van der Waals surface area contributed by atoms with Crippen molar-refractivity contribution < 1.29 is 4.79 Å². The zero-order valence-electron chi connectivity index (χ0n) is 21.0. The average Bonchev–Trinajstić information content (AvgIpc) is 3.36. The molecular weight excluding hydrogens is 462 g/mol. The number of fused-ring (bicyclic) bond motifs is 1. The molecule has 0 bridgehead atoms. The number of nitrogens with one attached hydrogen (secondary N) is 1. The Morgan fingerprint density at radius 3 is 2.33 bits per heavy atom. The number of benzene rings is 3. The minimum absolute atomic E-state index is 0.174. The highest BCUT2D eigenvalue weighted by Gasteiger charge is 2.20. The molecule has 36 heavy (non-hydrogen) atoms. The SMILES string of the molecule is CCC(C)c1ccc(-c2csc(NC(=O)c3c(C)c(-c4ccc(C)cc4)nc4ccccc34)n2)cc1. The van der Waals surface area contributed by atoms with Crippen LogP contribution >= 0.6 is 11.3 Å². The monoisotopic (exact) mass is 491 g/mol. The summed E-state index contributed by atoms with van der Waals surface area (Å²) < 4.78 is 0. The minimum Gasteiger partial charge on any atom is -0.298 e. The van der Waals surface area contributed by atoms with Crippen molar-refractivity contribution in [2.24, 2.45) is 0 Å². The van der Waals surface area contributed by atoms with E-state index in [1.807, 2.05) is 36.6 Å². The van der Waals surface area contributed by atoms with Crippen molar-refractivity contribution in [3.63, 3.8) is 0 Å². The lowest BCUT2D eigenvalue weighted by molar-refractivity contribution is 0.102. The summed E-state index contributed by atoms with van der Waals surface area (Å²) in [5.74, 6) is 0.361. The van der Waals surface area contributed by atoms with Gasteiger partial charge in [-0.3, -0.25) is 10.1 Å². The minimum atomic E-state index is -0.174. The number of hydrogen-bond donors (Lipinski definition) is 1. The van der Waals surface area contributed by atoms with Gasteiger partial charge < -0.3 is 0 Å². The highest BCUT2D eigenvalue weighted by Crippen LogP contribution is 2.32. The van der Waals surface area contributed by atoms with Gasteiger partial charge in [0.15, 0.2) is 5.13 Å². The van der Waals surface area contributed by atoms with E-state index in [2.05, 4.69) is 74.6 Å². The number of carbonyl (C=O) groups is 1. The molecule has 0 spiro atoms. The number of rotatable bonds is 6. The van der Waals surface area contributed by atoms with Gasteiger partial charge in [0.2, 0.25) is 0 Å². The fraction of sp³-hybridized carbons (Fsp3) is 0.194. The van der Waals surface area contributed by atoms with E-state index in [9.17, 15) is 4.79 Å². The van der Waals surface area contributed by atoms with Crippen molar-refractivity contribution in [1.29, 1.82) is 0 Å². The summed E-state index contributed by atoms with van der Waals surface area (Å²) in [6.45, 7) is 8.47. The number of aromatic nitrogens is 2. The van der Waals surface area contributed by atoms with E-state index in [1.165, 1.54) is 22.5 Å². The molecule has 0 radical (unpaired) electrons. The van der Waals surface area contributed by atoms with Gasteiger partial charge in [0, 0.05) is 21.9 Å². The Kier molecular flexibility index (Phi) is 6.66. The predicted octanol–water partition coefficient (Wildman–Crippen LogP) is 8.41. The lowest BCUT2D eigenvalue weighted by Crippen LogP contribution is -2.15. The summed E-state index contributed by atoms with van der Waals surface area (Å²) >= 11 is 1.44. The van der Waals surface area contributed by atoms with Gasteiger partial charge in [-0.15, -0.1) is 11.3 Å². The van der Waals surface area contributed by atoms with Crippen molar-refractivity contribution in [2.75, 3.05) is 5.32 Å². The highest BCUT2D eigenvalue weighted by molar-refractivity contribution is 7.14. The van der Waals surface area contributed by atoms with Crippen molar-refractivity contribution >= 4 is 33.3 Å². The van der Waals surface area contributed by atoms with Gasteiger partial charge in [0.05, 0.1) is 22.5 Å². The third-order valence-electron chi connectivity index (χ3n) is 6.80. The Labute approximate surface area is 216 Å². The predicted molar refractivity (Wildman–Crippen MR) is 151 cm³/mol. The molecule has 1 amide bonds. The van der Waals surface area contributed by atoms with Crippen molar-refractivity contribution in [1.82, 2.24) is 9.97 Å². The van der Waals surface area contributed by atoms with Crippen LogP contribution in [-0.4, -0.2) is 15.9 Å². The Bertz CT molecular complexity index is 1540. The number of carbonyl (C=O) groups excluding carboxylic acids is 1. The summed E-state index contributed by atoms with van der Waals surface area (Å²) in [6.07, 6.45) is 1.11. The van der Waals surface area contributed by atoms with E-state index < -0.39 is 0 Å². The molecule has 180 valence electrons. The molecule has 0 aliphatic rings. The first-order chi connectivity index (χ1) is 17.4. The van der Waals surface area contributed by atoms with E-state index in [0.717, 1.165) is 45.4 Å². The van der Waals surface area contributed by atoms with Crippen molar-refractivity contribution in [3.05, 3.63) is 100 Å². The van der Waals surface area contributed by atoms with Gasteiger partial charge in [0.25, 0.3) is 5.91 Å².